The maximum atomic E-state index is 5.83. The summed E-state index contributed by atoms with van der Waals surface area (Å²) < 4.78 is 22.7. The molecule has 0 aliphatic heterocycles. The molecule has 1 aromatic heterocycles. The van der Waals surface area contributed by atoms with Crippen molar-refractivity contribution in [1.29, 1.82) is 0 Å². The smallest absolute Gasteiger partial charge is 0.264 e. The number of aromatic nitrogens is 2. The quantitative estimate of drug-likeness (QED) is 0.577. The van der Waals surface area contributed by atoms with Crippen molar-refractivity contribution >= 4 is 15.9 Å². The third kappa shape index (κ3) is 3.83. The molecule has 2 aromatic carbocycles. The molecule has 0 N–H and O–H groups in total. The summed E-state index contributed by atoms with van der Waals surface area (Å²) in [7, 11) is 3.17. The average Bonchev–Trinajstić information content (AvgIpc) is 3.12. The van der Waals surface area contributed by atoms with E-state index in [0.717, 1.165) is 26.9 Å². The summed E-state index contributed by atoms with van der Waals surface area (Å²) >= 11 is 3.51. The van der Waals surface area contributed by atoms with Gasteiger partial charge in [-0.25, -0.2) is 0 Å². The number of aryl methyl sites for hydroxylation is 2. The zero-order valence-electron chi connectivity index (χ0n) is 15.0. The van der Waals surface area contributed by atoms with Gasteiger partial charge in [0.05, 0.1) is 14.2 Å². The lowest BCUT2D eigenvalue weighted by Gasteiger charge is -2.09. The maximum Gasteiger partial charge on any atom is 0.264 e. The molecule has 0 radical (unpaired) electrons. The van der Waals surface area contributed by atoms with E-state index >= 15 is 0 Å². The highest BCUT2D eigenvalue weighted by Gasteiger charge is 2.13. The van der Waals surface area contributed by atoms with Crippen molar-refractivity contribution in [3.63, 3.8) is 0 Å². The number of nitrogens with zero attached hydrogens (tertiary/aromatic N) is 2. The van der Waals surface area contributed by atoms with E-state index in [1.54, 1.807) is 26.4 Å². The van der Waals surface area contributed by atoms with E-state index in [9.17, 15) is 0 Å². The first-order chi connectivity index (χ1) is 12.5. The summed E-state index contributed by atoms with van der Waals surface area (Å²) in [6.45, 7) is 4.20. The van der Waals surface area contributed by atoms with Crippen molar-refractivity contribution in [2.24, 2.45) is 0 Å². The third-order valence-corrected chi connectivity index (χ3v) is 4.77. The molecule has 7 heteroatoms. The molecule has 3 aromatic rings. The maximum absolute atomic E-state index is 5.83. The van der Waals surface area contributed by atoms with Gasteiger partial charge < -0.3 is 18.7 Å². The molecular weight excluding hydrogens is 400 g/mol. The Morgan fingerprint density at radius 3 is 2.46 bits per heavy atom. The van der Waals surface area contributed by atoms with Crippen LogP contribution >= 0.6 is 15.9 Å². The molecular formula is C19H19BrN2O4. The second-order valence-corrected chi connectivity index (χ2v) is 6.59. The van der Waals surface area contributed by atoms with Crippen LogP contribution in [0, 0.1) is 13.8 Å². The largest absolute Gasteiger partial charge is 0.493 e. The topological polar surface area (TPSA) is 66.6 Å². The van der Waals surface area contributed by atoms with Crippen molar-refractivity contribution in [3.05, 3.63) is 51.8 Å². The van der Waals surface area contributed by atoms with Crippen LogP contribution in [-0.4, -0.2) is 24.4 Å². The van der Waals surface area contributed by atoms with Gasteiger partial charge in [-0.05, 0) is 55.3 Å². The van der Waals surface area contributed by atoms with E-state index in [1.807, 2.05) is 32.0 Å². The van der Waals surface area contributed by atoms with Crippen molar-refractivity contribution in [1.82, 2.24) is 10.1 Å². The van der Waals surface area contributed by atoms with Gasteiger partial charge in [0.2, 0.25) is 5.82 Å². The molecule has 0 saturated heterocycles. The van der Waals surface area contributed by atoms with E-state index in [2.05, 4.69) is 26.1 Å². The highest BCUT2D eigenvalue weighted by atomic mass is 79.9. The predicted octanol–water partition coefficient (Wildman–Crippen LogP) is 4.71. The lowest BCUT2D eigenvalue weighted by atomic mass is 10.1. The Morgan fingerprint density at radius 1 is 0.962 bits per heavy atom. The first kappa shape index (κ1) is 18.3. The molecule has 26 heavy (non-hydrogen) atoms. The fraction of sp³-hybridized carbons (Fsp3) is 0.263. The van der Waals surface area contributed by atoms with Crippen molar-refractivity contribution in [3.8, 4) is 28.6 Å². The Bertz CT molecular complexity index is 924. The molecule has 0 saturated carbocycles. The monoisotopic (exact) mass is 418 g/mol. The zero-order chi connectivity index (χ0) is 18.7. The Labute approximate surface area is 160 Å². The van der Waals surface area contributed by atoms with Crippen LogP contribution in [0.1, 0.15) is 17.0 Å². The number of rotatable bonds is 6. The summed E-state index contributed by atoms with van der Waals surface area (Å²) in [5, 5.41) is 4.01. The van der Waals surface area contributed by atoms with Crippen LogP contribution in [0.3, 0.4) is 0 Å². The zero-order valence-corrected chi connectivity index (χ0v) is 16.6. The number of ether oxygens (including phenoxy) is 3. The second-order valence-electron chi connectivity index (χ2n) is 5.74. The van der Waals surface area contributed by atoms with Crippen LogP contribution in [0.15, 0.2) is 39.3 Å². The van der Waals surface area contributed by atoms with Crippen LogP contribution in [0.2, 0.25) is 0 Å². The second kappa shape index (κ2) is 7.78. The van der Waals surface area contributed by atoms with Gasteiger partial charge in [-0.1, -0.05) is 21.1 Å². The minimum Gasteiger partial charge on any atom is -0.493 e. The fourth-order valence-corrected chi connectivity index (χ4v) is 2.91. The molecule has 136 valence electrons. The molecule has 0 bridgehead atoms. The fourth-order valence-electron chi connectivity index (χ4n) is 2.46. The Hall–Kier alpha value is -2.54. The lowest BCUT2D eigenvalue weighted by Crippen LogP contribution is -1.98. The summed E-state index contributed by atoms with van der Waals surface area (Å²) in [6.07, 6.45) is 0. The summed E-state index contributed by atoms with van der Waals surface area (Å²) in [5.41, 5.74) is 2.90. The summed E-state index contributed by atoms with van der Waals surface area (Å²) in [4.78, 5) is 4.39. The van der Waals surface area contributed by atoms with Crippen molar-refractivity contribution in [2.75, 3.05) is 14.2 Å². The summed E-state index contributed by atoms with van der Waals surface area (Å²) in [5.74, 6) is 2.90. The molecule has 0 aliphatic carbocycles. The molecule has 1 heterocycles. The van der Waals surface area contributed by atoms with Crippen LogP contribution in [-0.2, 0) is 6.61 Å². The van der Waals surface area contributed by atoms with Gasteiger partial charge in [-0.15, -0.1) is 0 Å². The van der Waals surface area contributed by atoms with E-state index in [0.29, 0.717) is 23.2 Å². The first-order valence-electron chi connectivity index (χ1n) is 7.96. The van der Waals surface area contributed by atoms with Gasteiger partial charge >= 0.3 is 0 Å². The number of halogens is 1. The van der Waals surface area contributed by atoms with Crippen LogP contribution in [0.4, 0.5) is 0 Å². The Kier molecular flexibility index (Phi) is 5.46. The molecule has 0 unspecified atom stereocenters. The summed E-state index contributed by atoms with van der Waals surface area (Å²) in [6, 6.07) is 9.45. The molecule has 0 fully saturated rings. The number of benzene rings is 2. The lowest BCUT2D eigenvalue weighted by molar-refractivity contribution is 0.241. The number of methoxy groups -OCH3 is 2. The van der Waals surface area contributed by atoms with Gasteiger partial charge in [0.25, 0.3) is 5.89 Å². The molecule has 6 nitrogen and oxygen atoms in total. The van der Waals surface area contributed by atoms with Gasteiger partial charge in [-0.2, -0.15) is 4.98 Å². The Balaban J connectivity index is 1.75. The van der Waals surface area contributed by atoms with Crippen LogP contribution < -0.4 is 14.2 Å². The van der Waals surface area contributed by atoms with Crippen molar-refractivity contribution in [2.45, 2.75) is 20.5 Å². The van der Waals surface area contributed by atoms with E-state index in [-0.39, 0.29) is 6.61 Å². The minimum absolute atomic E-state index is 0.197. The van der Waals surface area contributed by atoms with E-state index < -0.39 is 0 Å². The van der Waals surface area contributed by atoms with Crippen LogP contribution in [0.5, 0.6) is 17.2 Å². The Morgan fingerprint density at radius 2 is 1.73 bits per heavy atom. The molecule has 0 aliphatic rings. The average molecular weight is 419 g/mol. The number of hydrogen-bond acceptors (Lipinski definition) is 6. The van der Waals surface area contributed by atoms with E-state index in [1.165, 1.54) is 0 Å². The molecule has 0 amide bonds. The SMILES string of the molecule is COc1ccc(-c2noc(COc3cc(C)c(Br)cc3C)n2)cc1OC. The predicted molar refractivity (Wildman–Crippen MR) is 101 cm³/mol. The van der Waals surface area contributed by atoms with Gasteiger partial charge in [0.1, 0.15) is 5.75 Å². The molecule has 0 atom stereocenters. The van der Waals surface area contributed by atoms with E-state index in [4.69, 9.17) is 18.7 Å². The first-order valence-corrected chi connectivity index (χ1v) is 8.75. The minimum atomic E-state index is 0.197. The molecule has 0 spiro atoms. The van der Waals surface area contributed by atoms with Crippen molar-refractivity contribution < 1.29 is 18.7 Å². The van der Waals surface area contributed by atoms with Gasteiger partial charge in [0, 0.05) is 10.0 Å². The molecule has 3 rings (SSSR count). The normalized spacial score (nSPS) is 10.7. The van der Waals surface area contributed by atoms with Gasteiger partial charge in [0.15, 0.2) is 18.1 Å². The van der Waals surface area contributed by atoms with Crippen LogP contribution in [0.25, 0.3) is 11.4 Å². The third-order valence-electron chi connectivity index (χ3n) is 3.92. The van der Waals surface area contributed by atoms with Gasteiger partial charge in [-0.3, -0.25) is 0 Å². The highest BCUT2D eigenvalue weighted by molar-refractivity contribution is 9.10. The highest BCUT2D eigenvalue weighted by Crippen LogP contribution is 2.31. The number of hydrogen-bond donors (Lipinski definition) is 0. The standard InChI is InChI=1S/C19H19BrN2O4/c1-11-8-16(12(2)7-14(11)20)25-10-18-21-19(22-26-18)13-5-6-15(23-3)17(9-13)24-4/h5-9H,10H2,1-4H3.